The van der Waals surface area contributed by atoms with E-state index < -0.39 is 11.9 Å². The van der Waals surface area contributed by atoms with Gasteiger partial charge in [0.15, 0.2) is 4.80 Å². The summed E-state index contributed by atoms with van der Waals surface area (Å²) in [5.41, 5.74) is 1.12. The van der Waals surface area contributed by atoms with Gasteiger partial charge >= 0.3 is 5.97 Å². The first kappa shape index (κ1) is 23.5. The highest BCUT2D eigenvalue weighted by atomic mass is 32.1. The van der Waals surface area contributed by atoms with E-state index in [4.69, 9.17) is 14.2 Å². The Kier molecular flexibility index (Phi) is 8.44. The molecule has 0 aliphatic heterocycles. The summed E-state index contributed by atoms with van der Waals surface area (Å²) < 4.78 is 18.9. The van der Waals surface area contributed by atoms with Crippen LogP contribution in [0.4, 0.5) is 0 Å². The maximum Gasteiger partial charge on any atom is 0.326 e. The molecule has 32 heavy (non-hydrogen) atoms. The molecule has 8 heteroatoms. The van der Waals surface area contributed by atoms with Gasteiger partial charge in [0.1, 0.15) is 23.6 Å². The Morgan fingerprint density at radius 2 is 1.91 bits per heavy atom. The Balaban J connectivity index is 1.96. The third kappa shape index (κ3) is 5.76. The Morgan fingerprint density at radius 1 is 1.09 bits per heavy atom. The molecule has 0 radical (unpaired) electrons. The Hall–Kier alpha value is -3.13. The van der Waals surface area contributed by atoms with E-state index in [1.807, 2.05) is 24.3 Å². The molecule has 0 aliphatic rings. The number of fused-ring (bicyclic) bond motifs is 1. The number of thiazole rings is 1. The molecule has 0 fully saturated rings. The molecule has 0 saturated carbocycles. The van der Waals surface area contributed by atoms with E-state index in [0.29, 0.717) is 34.0 Å². The lowest BCUT2D eigenvalue weighted by Gasteiger charge is -2.08. The number of carbonyl (C=O) groups excluding carboxylic acids is 2. The monoisotopic (exact) mass is 456 g/mol. The van der Waals surface area contributed by atoms with Gasteiger partial charge in [-0.1, -0.05) is 43.2 Å². The first-order valence-corrected chi connectivity index (χ1v) is 11.5. The molecule has 1 aromatic heterocycles. The molecule has 0 saturated heterocycles. The van der Waals surface area contributed by atoms with Crippen molar-refractivity contribution in [3.63, 3.8) is 0 Å². The van der Waals surface area contributed by atoms with E-state index >= 15 is 0 Å². The maximum atomic E-state index is 13.0. The molecule has 7 nitrogen and oxygen atoms in total. The van der Waals surface area contributed by atoms with Crippen molar-refractivity contribution in [1.29, 1.82) is 0 Å². The van der Waals surface area contributed by atoms with Crippen LogP contribution in [-0.2, 0) is 16.1 Å². The van der Waals surface area contributed by atoms with Gasteiger partial charge in [-0.15, -0.1) is 0 Å². The van der Waals surface area contributed by atoms with Crippen molar-refractivity contribution in [2.45, 2.75) is 39.7 Å². The molecule has 1 amide bonds. The first-order chi connectivity index (χ1) is 15.6. The average molecular weight is 457 g/mol. The first-order valence-electron chi connectivity index (χ1n) is 10.7. The summed E-state index contributed by atoms with van der Waals surface area (Å²) in [6.07, 6.45) is 3.19. The Bertz CT molecular complexity index is 1150. The van der Waals surface area contributed by atoms with Crippen LogP contribution in [0.15, 0.2) is 47.5 Å². The average Bonchev–Trinajstić information content (AvgIpc) is 3.14. The fraction of sp³-hybridized carbons (Fsp3) is 0.375. The topological polar surface area (TPSA) is 79.1 Å². The van der Waals surface area contributed by atoms with Gasteiger partial charge < -0.3 is 18.8 Å². The summed E-state index contributed by atoms with van der Waals surface area (Å²) in [5.74, 6) is 0.417. The van der Waals surface area contributed by atoms with Crippen molar-refractivity contribution in [1.82, 2.24) is 4.57 Å². The number of amides is 1. The van der Waals surface area contributed by atoms with Crippen molar-refractivity contribution < 1.29 is 23.8 Å². The summed E-state index contributed by atoms with van der Waals surface area (Å²) in [6.45, 7) is 4.70. The third-order valence-corrected chi connectivity index (χ3v) is 5.81. The third-order valence-electron chi connectivity index (χ3n) is 4.77. The highest BCUT2D eigenvalue weighted by molar-refractivity contribution is 7.16. The largest absolute Gasteiger partial charge is 0.495 e. The molecule has 0 spiro atoms. The van der Waals surface area contributed by atoms with Gasteiger partial charge in [-0.3, -0.25) is 9.59 Å². The minimum absolute atomic E-state index is 0.0685. The normalized spacial score (nSPS) is 11.5. The van der Waals surface area contributed by atoms with Crippen molar-refractivity contribution in [3.8, 4) is 11.5 Å². The van der Waals surface area contributed by atoms with Gasteiger partial charge in [0.25, 0.3) is 5.91 Å². The molecular formula is C24H28N2O5S. The highest BCUT2D eigenvalue weighted by Gasteiger charge is 2.16. The van der Waals surface area contributed by atoms with Crippen LogP contribution in [0.2, 0.25) is 0 Å². The van der Waals surface area contributed by atoms with E-state index in [-0.39, 0.29) is 13.2 Å². The summed E-state index contributed by atoms with van der Waals surface area (Å²) in [4.78, 5) is 29.9. The van der Waals surface area contributed by atoms with E-state index in [1.54, 1.807) is 36.8 Å². The van der Waals surface area contributed by atoms with Gasteiger partial charge in [-0.05, 0) is 43.7 Å². The maximum absolute atomic E-state index is 13.0. The summed E-state index contributed by atoms with van der Waals surface area (Å²) in [7, 11) is 1.56. The molecule has 0 atom stereocenters. The zero-order valence-corrected chi connectivity index (χ0v) is 19.4. The number of benzene rings is 2. The molecule has 170 valence electrons. The van der Waals surface area contributed by atoms with Crippen LogP contribution in [0.5, 0.6) is 11.5 Å². The number of nitrogens with zero attached hydrogens (tertiary/aromatic N) is 2. The predicted molar refractivity (Wildman–Crippen MR) is 124 cm³/mol. The van der Waals surface area contributed by atoms with Crippen molar-refractivity contribution in [2.75, 3.05) is 20.3 Å². The minimum Gasteiger partial charge on any atom is -0.495 e. The van der Waals surface area contributed by atoms with E-state index in [1.165, 1.54) is 11.3 Å². The standard InChI is InChI=1S/C24H28N2O5S/c1-4-6-7-14-31-18-11-8-10-17(15-18)23(28)25-24-26(16-21(27)30-5-2)22-19(29-3)12-9-13-20(22)32-24/h8-13,15H,4-7,14,16H2,1-3H3. The minimum atomic E-state index is -0.410. The second-order valence-corrected chi connectivity index (χ2v) is 8.09. The zero-order chi connectivity index (χ0) is 22.9. The van der Waals surface area contributed by atoms with Crippen LogP contribution >= 0.6 is 11.3 Å². The SMILES string of the molecule is CCCCCOc1cccc(C(=O)N=c2sc3cccc(OC)c3n2CC(=O)OCC)c1. The number of aromatic nitrogens is 1. The molecule has 0 bridgehead atoms. The zero-order valence-electron chi connectivity index (χ0n) is 18.6. The van der Waals surface area contributed by atoms with Gasteiger partial charge in [0, 0.05) is 5.56 Å². The molecule has 1 heterocycles. The number of esters is 1. The van der Waals surface area contributed by atoms with Crippen molar-refractivity contribution >= 4 is 33.4 Å². The second-order valence-electron chi connectivity index (χ2n) is 7.08. The van der Waals surface area contributed by atoms with Crippen LogP contribution in [-0.4, -0.2) is 36.8 Å². The van der Waals surface area contributed by atoms with Crippen molar-refractivity contribution in [3.05, 3.63) is 52.8 Å². The number of hydrogen-bond donors (Lipinski definition) is 0. The Labute approximate surface area is 191 Å². The number of rotatable bonds is 10. The lowest BCUT2D eigenvalue weighted by molar-refractivity contribution is -0.143. The smallest absolute Gasteiger partial charge is 0.326 e. The molecule has 2 aromatic carbocycles. The van der Waals surface area contributed by atoms with E-state index in [0.717, 1.165) is 24.0 Å². The van der Waals surface area contributed by atoms with E-state index in [9.17, 15) is 9.59 Å². The number of carbonyl (C=O) groups is 2. The summed E-state index contributed by atoms with van der Waals surface area (Å²) in [6, 6.07) is 12.6. The van der Waals surface area contributed by atoms with E-state index in [2.05, 4.69) is 11.9 Å². The van der Waals surface area contributed by atoms with Crippen LogP contribution in [0.25, 0.3) is 10.2 Å². The van der Waals surface area contributed by atoms with Gasteiger partial charge in [0.2, 0.25) is 0 Å². The molecule has 3 rings (SSSR count). The quantitative estimate of drug-likeness (QED) is 0.329. The number of unbranched alkanes of at least 4 members (excludes halogenated alkanes) is 2. The van der Waals surface area contributed by atoms with Crippen molar-refractivity contribution in [2.24, 2.45) is 4.99 Å². The van der Waals surface area contributed by atoms with Crippen LogP contribution in [0.3, 0.4) is 0 Å². The fourth-order valence-electron chi connectivity index (χ4n) is 3.24. The van der Waals surface area contributed by atoms with Crippen LogP contribution < -0.4 is 14.3 Å². The Morgan fingerprint density at radius 3 is 2.66 bits per heavy atom. The van der Waals surface area contributed by atoms with Gasteiger partial charge in [-0.25, -0.2) is 0 Å². The lowest BCUT2D eigenvalue weighted by atomic mass is 10.2. The molecule has 0 aliphatic carbocycles. The second kappa shape index (κ2) is 11.5. The summed E-state index contributed by atoms with van der Waals surface area (Å²) in [5, 5.41) is 0. The highest BCUT2D eigenvalue weighted by Crippen LogP contribution is 2.27. The number of ether oxygens (including phenoxy) is 3. The van der Waals surface area contributed by atoms with Gasteiger partial charge in [-0.2, -0.15) is 4.99 Å². The fourth-order valence-corrected chi connectivity index (χ4v) is 4.29. The predicted octanol–water partition coefficient (Wildman–Crippen LogP) is 4.58. The molecule has 0 N–H and O–H groups in total. The lowest BCUT2D eigenvalue weighted by Crippen LogP contribution is -2.23. The number of methoxy groups -OCH3 is 1. The van der Waals surface area contributed by atoms with Crippen LogP contribution in [0.1, 0.15) is 43.5 Å². The number of hydrogen-bond acceptors (Lipinski definition) is 6. The summed E-state index contributed by atoms with van der Waals surface area (Å²) >= 11 is 1.32. The molecule has 0 unspecified atom stereocenters. The molecule has 3 aromatic rings. The molecular weight excluding hydrogens is 428 g/mol. The van der Waals surface area contributed by atoms with Crippen LogP contribution in [0, 0.1) is 0 Å². The number of para-hydroxylation sites is 1. The van der Waals surface area contributed by atoms with Gasteiger partial charge in [0.05, 0.1) is 25.0 Å².